The van der Waals surface area contributed by atoms with Crippen molar-refractivity contribution in [3.8, 4) is 0 Å². The predicted octanol–water partition coefficient (Wildman–Crippen LogP) is 0.758. The Balaban J connectivity index is 1.60. The van der Waals surface area contributed by atoms with Crippen molar-refractivity contribution in [2.75, 3.05) is 13.1 Å². The van der Waals surface area contributed by atoms with Crippen LogP contribution in [0.15, 0.2) is 6.07 Å². The van der Waals surface area contributed by atoms with E-state index < -0.39 is 0 Å². The summed E-state index contributed by atoms with van der Waals surface area (Å²) in [7, 11) is 0. The average Bonchev–Trinajstić information content (AvgIpc) is 3.06. The fourth-order valence-corrected chi connectivity index (χ4v) is 1.94. The van der Waals surface area contributed by atoms with Crippen LogP contribution in [0.4, 0.5) is 0 Å². The Morgan fingerprint density at radius 3 is 2.83 bits per heavy atom. The van der Waals surface area contributed by atoms with E-state index in [2.05, 4.69) is 15.7 Å². The molecule has 0 spiro atoms. The molecule has 0 aromatic carbocycles. The van der Waals surface area contributed by atoms with Gasteiger partial charge in [-0.1, -0.05) is 0 Å². The second-order valence-corrected chi connectivity index (χ2v) is 5.02. The van der Waals surface area contributed by atoms with Crippen molar-refractivity contribution in [3.63, 3.8) is 0 Å². The van der Waals surface area contributed by atoms with Crippen molar-refractivity contribution in [2.45, 2.75) is 45.7 Å². The standard InChI is InChI=1S/C13H22N4O/c1-10-8-11(2)17(16-10)9-13(18)15-7-3-6-14-12-4-5-12/h8,12,14H,3-7,9H2,1-2H3,(H,15,18). The van der Waals surface area contributed by atoms with E-state index in [1.54, 1.807) is 4.68 Å². The highest BCUT2D eigenvalue weighted by atomic mass is 16.2. The first kappa shape index (κ1) is 13.1. The first-order valence-electron chi connectivity index (χ1n) is 6.66. The molecule has 1 fully saturated rings. The number of carbonyl (C=O) groups excluding carboxylic acids is 1. The smallest absolute Gasteiger partial charge is 0.241 e. The van der Waals surface area contributed by atoms with Crippen molar-refractivity contribution in [2.24, 2.45) is 0 Å². The number of amides is 1. The fraction of sp³-hybridized carbons (Fsp3) is 0.692. The minimum absolute atomic E-state index is 0.0348. The third-order valence-electron chi connectivity index (χ3n) is 3.08. The zero-order chi connectivity index (χ0) is 13.0. The minimum Gasteiger partial charge on any atom is -0.354 e. The maximum Gasteiger partial charge on any atom is 0.241 e. The van der Waals surface area contributed by atoms with Crippen LogP contribution in [-0.2, 0) is 11.3 Å². The Morgan fingerprint density at radius 1 is 1.44 bits per heavy atom. The highest BCUT2D eigenvalue weighted by Gasteiger charge is 2.19. The van der Waals surface area contributed by atoms with E-state index in [4.69, 9.17) is 0 Å². The summed E-state index contributed by atoms with van der Waals surface area (Å²) in [4.78, 5) is 11.7. The van der Waals surface area contributed by atoms with Crippen molar-refractivity contribution in [1.29, 1.82) is 0 Å². The van der Waals surface area contributed by atoms with Gasteiger partial charge >= 0.3 is 0 Å². The summed E-state index contributed by atoms with van der Waals surface area (Å²) >= 11 is 0. The molecule has 1 aromatic rings. The van der Waals surface area contributed by atoms with Gasteiger partial charge in [-0.3, -0.25) is 9.48 Å². The predicted molar refractivity (Wildman–Crippen MR) is 70.4 cm³/mol. The lowest BCUT2D eigenvalue weighted by molar-refractivity contribution is -0.121. The molecule has 1 saturated carbocycles. The fourth-order valence-electron chi connectivity index (χ4n) is 1.94. The summed E-state index contributed by atoms with van der Waals surface area (Å²) < 4.78 is 1.74. The van der Waals surface area contributed by atoms with Gasteiger partial charge in [-0.25, -0.2) is 0 Å². The van der Waals surface area contributed by atoms with E-state index in [9.17, 15) is 4.79 Å². The molecule has 1 aromatic heterocycles. The molecule has 0 aliphatic heterocycles. The average molecular weight is 250 g/mol. The zero-order valence-electron chi connectivity index (χ0n) is 11.2. The number of nitrogens with one attached hydrogen (secondary N) is 2. The van der Waals surface area contributed by atoms with Crippen molar-refractivity contribution >= 4 is 5.91 Å². The summed E-state index contributed by atoms with van der Waals surface area (Å²) in [5.74, 6) is 0.0348. The topological polar surface area (TPSA) is 59.0 Å². The molecule has 2 rings (SSSR count). The molecule has 0 radical (unpaired) electrons. The second kappa shape index (κ2) is 6.00. The molecule has 18 heavy (non-hydrogen) atoms. The highest BCUT2D eigenvalue weighted by molar-refractivity contribution is 5.75. The third-order valence-corrected chi connectivity index (χ3v) is 3.08. The number of rotatable bonds is 7. The van der Waals surface area contributed by atoms with E-state index in [0.29, 0.717) is 6.54 Å². The summed E-state index contributed by atoms with van der Waals surface area (Å²) in [6.07, 6.45) is 3.61. The second-order valence-electron chi connectivity index (χ2n) is 5.02. The Hall–Kier alpha value is -1.36. The zero-order valence-corrected chi connectivity index (χ0v) is 11.2. The summed E-state index contributed by atoms with van der Waals surface area (Å²) in [5.41, 5.74) is 1.98. The van der Waals surface area contributed by atoms with E-state index in [-0.39, 0.29) is 5.91 Å². The van der Waals surface area contributed by atoms with E-state index in [1.165, 1.54) is 12.8 Å². The summed E-state index contributed by atoms with van der Waals surface area (Å²) in [6, 6.07) is 2.72. The van der Waals surface area contributed by atoms with Gasteiger partial charge in [0.25, 0.3) is 0 Å². The van der Waals surface area contributed by atoms with Gasteiger partial charge in [0.05, 0.1) is 5.69 Å². The number of hydrogen-bond donors (Lipinski definition) is 2. The van der Waals surface area contributed by atoms with Crippen LogP contribution in [-0.4, -0.2) is 34.8 Å². The monoisotopic (exact) mass is 250 g/mol. The Kier molecular flexibility index (Phi) is 4.36. The van der Waals surface area contributed by atoms with Gasteiger partial charge in [0, 0.05) is 18.3 Å². The molecule has 0 saturated heterocycles. The van der Waals surface area contributed by atoms with Crippen LogP contribution in [0.1, 0.15) is 30.7 Å². The SMILES string of the molecule is Cc1cc(C)n(CC(=O)NCCCNC2CC2)n1. The molecular weight excluding hydrogens is 228 g/mol. The normalized spacial score (nSPS) is 14.8. The molecule has 1 heterocycles. The lowest BCUT2D eigenvalue weighted by atomic mass is 10.4. The van der Waals surface area contributed by atoms with Crippen molar-refractivity contribution in [1.82, 2.24) is 20.4 Å². The van der Waals surface area contributed by atoms with Crippen LogP contribution < -0.4 is 10.6 Å². The van der Waals surface area contributed by atoms with Crippen molar-refractivity contribution < 1.29 is 4.79 Å². The van der Waals surface area contributed by atoms with Crippen LogP contribution in [0.5, 0.6) is 0 Å². The van der Waals surface area contributed by atoms with Crippen LogP contribution in [0.25, 0.3) is 0 Å². The maximum atomic E-state index is 11.7. The number of carbonyl (C=O) groups is 1. The molecule has 5 heteroatoms. The lowest BCUT2D eigenvalue weighted by Gasteiger charge is -2.07. The highest BCUT2D eigenvalue weighted by Crippen LogP contribution is 2.18. The van der Waals surface area contributed by atoms with Gasteiger partial charge in [-0.2, -0.15) is 5.10 Å². The van der Waals surface area contributed by atoms with Gasteiger partial charge < -0.3 is 10.6 Å². The van der Waals surface area contributed by atoms with Crippen LogP contribution in [0, 0.1) is 13.8 Å². The largest absolute Gasteiger partial charge is 0.354 e. The van der Waals surface area contributed by atoms with Crippen molar-refractivity contribution in [3.05, 3.63) is 17.5 Å². The Bertz CT molecular complexity index is 409. The molecular formula is C13H22N4O. The summed E-state index contributed by atoms with van der Waals surface area (Å²) in [6.45, 7) is 5.94. The molecule has 5 nitrogen and oxygen atoms in total. The van der Waals surface area contributed by atoms with E-state index in [1.807, 2.05) is 19.9 Å². The first-order valence-corrected chi connectivity index (χ1v) is 6.66. The number of aromatic nitrogens is 2. The Labute approximate surface area is 108 Å². The molecule has 0 bridgehead atoms. The molecule has 1 aliphatic carbocycles. The molecule has 0 unspecified atom stereocenters. The molecule has 1 aliphatic rings. The van der Waals surface area contributed by atoms with E-state index >= 15 is 0 Å². The summed E-state index contributed by atoms with van der Waals surface area (Å²) in [5, 5.41) is 10.6. The van der Waals surface area contributed by atoms with Crippen LogP contribution in [0.2, 0.25) is 0 Å². The molecule has 100 valence electrons. The molecule has 1 amide bonds. The van der Waals surface area contributed by atoms with Gasteiger partial charge in [0.15, 0.2) is 0 Å². The minimum atomic E-state index is 0.0348. The molecule has 0 atom stereocenters. The van der Waals surface area contributed by atoms with Crippen LogP contribution >= 0.6 is 0 Å². The van der Waals surface area contributed by atoms with Gasteiger partial charge in [-0.15, -0.1) is 0 Å². The third kappa shape index (κ3) is 4.14. The van der Waals surface area contributed by atoms with Gasteiger partial charge in [-0.05, 0) is 45.7 Å². The number of nitrogens with zero attached hydrogens (tertiary/aromatic N) is 2. The maximum absolute atomic E-state index is 11.7. The van der Waals surface area contributed by atoms with Gasteiger partial charge in [0.1, 0.15) is 6.54 Å². The number of aryl methyl sites for hydroxylation is 2. The first-order chi connectivity index (χ1) is 8.65. The number of hydrogen-bond acceptors (Lipinski definition) is 3. The molecule has 2 N–H and O–H groups in total. The lowest BCUT2D eigenvalue weighted by Crippen LogP contribution is -2.31. The van der Waals surface area contributed by atoms with Crippen LogP contribution in [0.3, 0.4) is 0 Å². The van der Waals surface area contributed by atoms with Gasteiger partial charge in [0.2, 0.25) is 5.91 Å². The van der Waals surface area contributed by atoms with E-state index in [0.717, 1.165) is 36.9 Å². The quantitative estimate of drug-likeness (QED) is 0.702. The Morgan fingerprint density at radius 2 is 2.22 bits per heavy atom.